The van der Waals surface area contributed by atoms with E-state index in [2.05, 4.69) is 0 Å². The summed E-state index contributed by atoms with van der Waals surface area (Å²) in [5.41, 5.74) is 2.35. The normalized spacial score (nSPS) is 15.8. The zero-order valence-electron chi connectivity index (χ0n) is 15.1. The van der Waals surface area contributed by atoms with Gasteiger partial charge in [0.2, 0.25) is 10.0 Å². The van der Waals surface area contributed by atoms with E-state index in [-0.39, 0.29) is 28.9 Å². The molecule has 1 saturated heterocycles. The van der Waals surface area contributed by atoms with Crippen LogP contribution >= 0.6 is 23.2 Å². The quantitative estimate of drug-likeness (QED) is 0.750. The van der Waals surface area contributed by atoms with Crippen molar-refractivity contribution < 1.29 is 13.2 Å². The van der Waals surface area contributed by atoms with Gasteiger partial charge in [0.05, 0.1) is 15.5 Å². The van der Waals surface area contributed by atoms with Crippen molar-refractivity contribution in [2.75, 3.05) is 26.2 Å². The lowest BCUT2D eigenvalue weighted by Gasteiger charge is -2.34. The largest absolute Gasteiger partial charge is 0.336 e. The second-order valence-electron chi connectivity index (χ2n) is 6.57. The molecule has 0 bridgehead atoms. The van der Waals surface area contributed by atoms with Gasteiger partial charge in [0.1, 0.15) is 0 Å². The van der Waals surface area contributed by atoms with Crippen LogP contribution in [0.1, 0.15) is 21.5 Å². The molecule has 1 aliphatic heterocycles. The minimum absolute atomic E-state index is 0.222. The number of hydrogen-bond acceptors (Lipinski definition) is 3. The Balaban J connectivity index is 1.72. The first-order valence-corrected chi connectivity index (χ1v) is 10.7. The van der Waals surface area contributed by atoms with Gasteiger partial charge in [0, 0.05) is 31.2 Å². The molecule has 2 aromatic rings. The summed E-state index contributed by atoms with van der Waals surface area (Å²) >= 11 is 12.0. The van der Waals surface area contributed by atoms with E-state index >= 15 is 0 Å². The van der Waals surface area contributed by atoms with Crippen LogP contribution in [0.5, 0.6) is 0 Å². The molecule has 0 aliphatic carbocycles. The molecule has 1 heterocycles. The van der Waals surface area contributed by atoms with Crippen LogP contribution in [0.15, 0.2) is 41.3 Å². The fraction of sp³-hybridized carbons (Fsp3) is 0.316. The average molecular weight is 427 g/mol. The molecule has 2 aromatic carbocycles. The van der Waals surface area contributed by atoms with Gasteiger partial charge >= 0.3 is 0 Å². The van der Waals surface area contributed by atoms with Crippen molar-refractivity contribution in [1.29, 1.82) is 0 Å². The van der Waals surface area contributed by atoms with Crippen LogP contribution in [0.25, 0.3) is 0 Å². The van der Waals surface area contributed by atoms with Gasteiger partial charge in [0.25, 0.3) is 5.91 Å². The van der Waals surface area contributed by atoms with Crippen molar-refractivity contribution >= 4 is 39.1 Å². The maximum atomic E-state index is 12.9. The third-order valence-electron chi connectivity index (χ3n) is 4.80. The molecule has 0 spiro atoms. The number of hydrogen-bond donors (Lipinski definition) is 0. The third kappa shape index (κ3) is 4.14. The highest BCUT2D eigenvalue weighted by Gasteiger charge is 2.31. The highest BCUT2D eigenvalue weighted by Crippen LogP contribution is 2.24. The minimum Gasteiger partial charge on any atom is -0.336 e. The summed E-state index contributed by atoms with van der Waals surface area (Å²) in [6, 6.07) is 9.85. The molecule has 144 valence electrons. The topological polar surface area (TPSA) is 57.7 Å². The summed E-state index contributed by atoms with van der Waals surface area (Å²) in [6.45, 7) is 4.93. The molecule has 0 aromatic heterocycles. The number of amides is 1. The lowest BCUT2D eigenvalue weighted by molar-refractivity contribution is 0.0698. The molecule has 0 unspecified atom stereocenters. The fourth-order valence-electron chi connectivity index (χ4n) is 2.99. The maximum Gasteiger partial charge on any atom is 0.255 e. The van der Waals surface area contributed by atoms with Crippen LogP contribution in [0.2, 0.25) is 10.0 Å². The molecule has 1 fully saturated rings. The molecule has 5 nitrogen and oxygen atoms in total. The SMILES string of the molecule is Cc1ccc(S(=O)(=O)N2CCN(C(=O)c3ccc(Cl)cc3Cl)CC2)cc1C. The molecule has 3 rings (SSSR count). The van der Waals surface area contributed by atoms with E-state index < -0.39 is 10.0 Å². The zero-order chi connectivity index (χ0) is 19.8. The van der Waals surface area contributed by atoms with E-state index in [1.54, 1.807) is 29.2 Å². The van der Waals surface area contributed by atoms with E-state index in [4.69, 9.17) is 23.2 Å². The number of rotatable bonds is 3. The van der Waals surface area contributed by atoms with Crippen molar-refractivity contribution in [2.24, 2.45) is 0 Å². The predicted octanol–water partition coefficient (Wildman–Crippen LogP) is 3.76. The monoisotopic (exact) mass is 426 g/mol. The predicted molar refractivity (Wildman–Crippen MR) is 107 cm³/mol. The van der Waals surface area contributed by atoms with Crippen molar-refractivity contribution in [3.8, 4) is 0 Å². The average Bonchev–Trinajstić information content (AvgIpc) is 2.63. The Labute approximate surface area is 169 Å². The Morgan fingerprint density at radius 3 is 2.19 bits per heavy atom. The second-order valence-corrected chi connectivity index (χ2v) is 9.35. The molecular weight excluding hydrogens is 407 g/mol. The number of carbonyl (C=O) groups is 1. The number of carbonyl (C=O) groups excluding carboxylic acids is 1. The zero-order valence-corrected chi connectivity index (χ0v) is 17.4. The van der Waals surface area contributed by atoms with E-state index in [1.165, 1.54) is 10.4 Å². The van der Waals surface area contributed by atoms with Crippen molar-refractivity contribution in [3.63, 3.8) is 0 Å². The third-order valence-corrected chi connectivity index (χ3v) is 7.25. The standard InChI is InChI=1S/C19H20Cl2N2O3S/c1-13-3-5-16(11-14(13)2)27(25,26)23-9-7-22(8-10-23)19(24)17-6-4-15(20)12-18(17)21/h3-6,11-12H,7-10H2,1-2H3. The van der Waals surface area contributed by atoms with Gasteiger partial charge in [0.15, 0.2) is 0 Å². The van der Waals surface area contributed by atoms with Gasteiger partial charge in [-0.05, 0) is 55.3 Å². The smallest absolute Gasteiger partial charge is 0.255 e. The number of benzene rings is 2. The first-order valence-electron chi connectivity index (χ1n) is 8.52. The molecule has 1 aliphatic rings. The van der Waals surface area contributed by atoms with Gasteiger partial charge in [-0.25, -0.2) is 8.42 Å². The molecule has 27 heavy (non-hydrogen) atoms. The number of aryl methyl sites for hydroxylation is 2. The van der Waals surface area contributed by atoms with Gasteiger partial charge in [-0.15, -0.1) is 0 Å². The van der Waals surface area contributed by atoms with Crippen molar-refractivity contribution in [3.05, 3.63) is 63.1 Å². The van der Waals surface area contributed by atoms with Crippen LogP contribution in [0.3, 0.4) is 0 Å². The van der Waals surface area contributed by atoms with Gasteiger partial charge in [-0.1, -0.05) is 29.3 Å². The van der Waals surface area contributed by atoms with E-state index in [0.717, 1.165) is 11.1 Å². The number of nitrogens with zero attached hydrogens (tertiary/aromatic N) is 2. The number of halogens is 2. The lowest BCUT2D eigenvalue weighted by Crippen LogP contribution is -2.50. The van der Waals surface area contributed by atoms with E-state index in [0.29, 0.717) is 23.7 Å². The van der Waals surface area contributed by atoms with Gasteiger partial charge < -0.3 is 4.90 Å². The molecular formula is C19H20Cl2N2O3S. The van der Waals surface area contributed by atoms with E-state index in [1.807, 2.05) is 19.9 Å². The Kier molecular flexibility index (Phi) is 5.82. The Morgan fingerprint density at radius 1 is 0.926 bits per heavy atom. The number of piperazine rings is 1. The van der Waals surface area contributed by atoms with Crippen LogP contribution in [0, 0.1) is 13.8 Å². The van der Waals surface area contributed by atoms with Crippen LogP contribution in [-0.2, 0) is 10.0 Å². The van der Waals surface area contributed by atoms with Crippen LogP contribution < -0.4 is 0 Å². The summed E-state index contributed by atoms with van der Waals surface area (Å²) in [6.07, 6.45) is 0. The Morgan fingerprint density at radius 2 is 1.59 bits per heavy atom. The first kappa shape index (κ1) is 20.1. The molecule has 0 atom stereocenters. The van der Waals surface area contributed by atoms with E-state index in [9.17, 15) is 13.2 Å². The Bertz CT molecular complexity index is 984. The van der Waals surface area contributed by atoms with Crippen LogP contribution in [0.4, 0.5) is 0 Å². The first-order chi connectivity index (χ1) is 12.7. The maximum absolute atomic E-state index is 12.9. The highest BCUT2D eigenvalue weighted by atomic mass is 35.5. The van der Waals surface area contributed by atoms with Crippen LogP contribution in [-0.4, -0.2) is 49.7 Å². The minimum atomic E-state index is -3.58. The number of sulfonamides is 1. The van der Waals surface area contributed by atoms with Crippen molar-refractivity contribution in [2.45, 2.75) is 18.7 Å². The van der Waals surface area contributed by atoms with Gasteiger partial charge in [-0.2, -0.15) is 4.31 Å². The lowest BCUT2D eigenvalue weighted by atomic mass is 10.1. The second kappa shape index (κ2) is 7.80. The molecule has 0 radical (unpaired) electrons. The summed E-state index contributed by atoms with van der Waals surface area (Å²) in [5, 5.41) is 0.749. The molecule has 0 saturated carbocycles. The fourth-order valence-corrected chi connectivity index (χ4v) is 4.99. The Hall–Kier alpha value is -1.60. The summed E-state index contributed by atoms with van der Waals surface area (Å²) in [5.74, 6) is -0.222. The summed E-state index contributed by atoms with van der Waals surface area (Å²) < 4.78 is 27.2. The molecule has 1 amide bonds. The van der Waals surface area contributed by atoms with Crippen molar-refractivity contribution in [1.82, 2.24) is 9.21 Å². The summed E-state index contributed by atoms with van der Waals surface area (Å²) in [7, 11) is -3.58. The van der Waals surface area contributed by atoms with Gasteiger partial charge in [-0.3, -0.25) is 4.79 Å². The summed E-state index contributed by atoms with van der Waals surface area (Å²) in [4.78, 5) is 14.6. The molecule has 8 heteroatoms. The molecule has 0 N–H and O–H groups in total. The highest BCUT2D eigenvalue weighted by molar-refractivity contribution is 7.89.